The molecule has 0 unspecified atom stereocenters. The van der Waals surface area contributed by atoms with Crippen LogP contribution in [0.5, 0.6) is 5.75 Å². The summed E-state index contributed by atoms with van der Waals surface area (Å²) in [6.07, 6.45) is 1.34. The van der Waals surface area contributed by atoms with Crippen LogP contribution in [0.15, 0.2) is 11.2 Å². The van der Waals surface area contributed by atoms with Crippen LogP contribution in [-0.2, 0) is 4.79 Å². The Labute approximate surface area is 80.4 Å². The molecule has 0 radical (unpaired) electrons. The molecular weight excluding hydrogens is 188 g/mol. The van der Waals surface area contributed by atoms with Gasteiger partial charge in [-0.05, 0) is 13.8 Å². The maximum Gasteiger partial charge on any atom is 0.166 e. The number of aromatic nitrogens is 2. The molecule has 0 atom stereocenters. The van der Waals surface area contributed by atoms with Crippen molar-refractivity contribution in [3.8, 4) is 5.75 Å². The minimum atomic E-state index is 0.0249. The first-order chi connectivity index (χ1) is 6.09. The zero-order chi connectivity index (χ0) is 9.84. The second kappa shape index (κ2) is 4.23. The molecule has 0 aliphatic heterocycles. The largest absolute Gasteiger partial charge is 0.504 e. The lowest BCUT2D eigenvalue weighted by atomic mass is 10.5. The average Bonchev–Trinajstić information content (AvgIpc) is 2.06. The van der Waals surface area contributed by atoms with Crippen LogP contribution in [0.25, 0.3) is 0 Å². The summed E-state index contributed by atoms with van der Waals surface area (Å²) in [5, 5.41) is 9.75. The van der Waals surface area contributed by atoms with Gasteiger partial charge in [0.05, 0.1) is 11.9 Å². The van der Waals surface area contributed by atoms with Crippen molar-refractivity contribution >= 4 is 17.5 Å². The number of nitrogens with zero attached hydrogens (tertiary/aromatic N) is 2. The number of hydrogen-bond donors (Lipinski definition) is 1. The van der Waals surface area contributed by atoms with E-state index in [1.807, 2.05) is 0 Å². The van der Waals surface area contributed by atoms with Crippen molar-refractivity contribution in [2.45, 2.75) is 18.9 Å². The Balaban J connectivity index is 2.75. The number of aromatic hydroxyl groups is 1. The fourth-order valence-corrected chi connectivity index (χ4v) is 1.46. The molecule has 13 heavy (non-hydrogen) atoms. The molecule has 0 saturated carbocycles. The summed E-state index contributed by atoms with van der Waals surface area (Å²) in [5.41, 5.74) is 0. The van der Waals surface area contributed by atoms with Gasteiger partial charge in [-0.3, -0.25) is 4.79 Å². The SMILES string of the molecule is CC(=O)CSc1nc(C)ncc1O. The van der Waals surface area contributed by atoms with Crippen LogP contribution >= 0.6 is 11.8 Å². The van der Waals surface area contributed by atoms with Gasteiger partial charge in [-0.1, -0.05) is 11.8 Å². The van der Waals surface area contributed by atoms with Crippen LogP contribution in [0.4, 0.5) is 0 Å². The Morgan fingerprint density at radius 1 is 1.69 bits per heavy atom. The number of hydrogen-bond acceptors (Lipinski definition) is 5. The van der Waals surface area contributed by atoms with Gasteiger partial charge in [0, 0.05) is 0 Å². The van der Waals surface area contributed by atoms with Gasteiger partial charge in [-0.15, -0.1) is 0 Å². The molecule has 1 heterocycles. The quantitative estimate of drug-likeness (QED) is 0.583. The molecule has 4 nitrogen and oxygen atoms in total. The fraction of sp³-hybridized carbons (Fsp3) is 0.375. The third-order valence-electron chi connectivity index (χ3n) is 1.27. The van der Waals surface area contributed by atoms with Gasteiger partial charge in [-0.2, -0.15) is 0 Å². The summed E-state index contributed by atoms with van der Waals surface area (Å²) in [6.45, 7) is 3.23. The Bertz CT molecular complexity index is 328. The highest BCUT2D eigenvalue weighted by Gasteiger charge is 2.05. The van der Waals surface area contributed by atoms with E-state index in [1.165, 1.54) is 24.9 Å². The molecule has 1 aromatic heterocycles. The summed E-state index contributed by atoms with van der Waals surface area (Å²) in [5.74, 6) is 0.991. The van der Waals surface area contributed by atoms with Gasteiger partial charge in [0.2, 0.25) is 0 Å². The molecule has 0 fully saturated rings. The highest BCUT2D eigenvalue weighted by Crippen LogP contribution is 2.24. The molecule has 70 valence electrons. The zero-order valence-corrected chi connectivity index (χ0v) is 8.26. The number of thioether (sulfide) groups is 1. The summed E-state index contributed by atoms with van der Waals surface area (Å²) in [7, 11) is 0. The van der Waals surface area contributed by atoms with Crippen molar-refractivity contribution < 1.29 is 9.90 Å². The van der Waals surface area contributed by atoms with E-state index < -0.39 is 0 Å². The van der Waals surface area contributed by atoms with E-state index in [0.29, 0.717) is 16.6 Å². The van der Waals surface area contributed by atoms with E-state index in [2.05, 4.69) is 9.97 Å². The van der Waals surface area contributed by atoms with Crippen molar-refractivity contribution in [3.05, 3.63) is 12.0 Å². The van der Waals surface area contributed by atoms with Gasteiger partial charge < -0.3 is 5.11 Å². The van der Waals surface area contributed by atoms with Crippen LogP contribution in [0.3, 0.4) is 0 Å². The smallest absolute Gasteiger partial charge is 0.166 e. The molecular formula is C8H10N2O2S. The second-order valence-electron chi connectivity index (χ2n) is 2.60. The predicted molar refractivity (Wildman–Crippen MR) is 49.8 cm³/mol. The predicted octanol–water partition coefficient (Wildman–Crippen LogP) is 1.17. The van der Waals surface area contributed by atoms with Crippen LogP contribution in [0.2, 0.25) is 0 Å². The van der Waals surface area contributed by atoms with Crippen LogP contribution in [0.1, 0.15) is 12.7 Å². The minimum absolute atomic E-state index is 0.0249. The van der Waals surface area contributed by atoms with Gasteiger partial charge >= 0.3 is 0 Å². The molecule has 0 amide bonds. The van der Waals surface area contributed by atoms with Crippen LogP contribution < -0.4 is 0 Å². The molecule has 1 N–H and O–H groups in total. The molecule has 0 aliphatic carbocycles. The second-order valence-corrected chi connectivity index (χ2v) is 3.56. The number of carbonyl (C=O) groups excluding carboxylic acids is 1. The van der Waals surface area contributed by atoms with Crippen LogP contribution in [-0.4, -0.2) is 26.6 Å². The lowest BCUT2D eigenvalue weighted by molar-refractivity contribution is -0.114. The number of Topliss-reactive ketones (excluding diaryl/α,β-unsaturated/α-hetero) is 1. The van der Waals surface area contributed by atoms with Gasteiger partial charge in [0.1, 0.15) is 16.6 Å². The first-order valence-corrected chi connectivity index (χ1v) is 4.73. The number of aryl methyl sites for hydroxylation is 1. The Morgan fingerprint density at radius 2 is 2.38 bits per heavy atom. The van der Waals surface area contributed by atoms with E-state index >= 15 is 0 Å². The molecule has 0 saturated heterocycles. The minimum Gasteiger partial charge on any atom is -0.504 e. The van der Waals surface area contributed by atoms with E-state index in [-0.39, 0.29) is 11.5 Å². The first-order valence-electron chi connectivity index (χ1n) is 3.74. The lowest BCUT2D eigenvalue weighted by Gasteiger charge is -2.01. The highest BCUT2D eigenvalue weighted by molar-refractivity contribution is 8.00. The van der Waals surface area contributed by atoms with Gasteiger partial charge in [-0.25, -0.2) is 9.97 Å². The number of rotatable bonds is 3. The standard InChI is InChI=1S/C8H10N2O2S/c1-5(11)4-13-8-7(12)3-9-6(2)10-8/h3,12H,4H2,1-2H3. The maximum atomic E-state index is 10.7. The van der Waals surface area contributed by atoms with Crippen molar-refractivity contribution in [3.63, 3.8) is 0 Å². The lowest BCUT2D eigenvalue weighted by Crippen LogP contribution is -1.96. The Kier molecular flexibility index (Phi) is 3.25. The summed E-state index contributed by atoms with van der Waals surface area (Å²) in [4.78, 5) is 18.5. The Hall–Kier alpha value is -1.10. The van der Waals surface area contributed by atoms with Crippen molar-refractivity contribution in [1.82, 2.24) is 9.97 Å². The zero-order valence-electron chi connectivity index (χ0n) is 7.44. The maximum absolute atomic E-state index is 10.7. The molecule has 0 aliphatic rings. The van der Waals surface area contributed by atoms with E-state index in [4.69, 9.17) is 0 Å². The molecule has 0 spiro atoms. The van der Waals surface area contributed by atoms with Crippen molar-refractivity contribution in [1.29, 1.82) is 0 Å². The van der Waals surface area contributed by atoms with Gasteiger partial charge in [0.25, 0.3) is 0 Å². The first kappa shape index (κ1) is 9.98. The third-order valence-corrected chi connectivity index (χ3v) is 2.39. The van der Waals surface area contributed by atoms with Crippen LogP contribution in [0, 0.1) is 6.92 Å². The molecule has 5 heteroatoms. The van der Waals surface area contributed by atoms with Gasteiger partial charge in [0.15, 0.2) is 5.75 Å². The van der Waals surface area contributed by atoms with E-state index in [9.17, 15) is 9.90 Å². The van der Waals surface area contributed by atoms with Crippen molar-refractivity contribution in [2.75, 3.05) is 5.75 Å². The molecule has 1 aromatic rings. The Morgan fingerprint density at radius 3 is 3.00 bits per heavy atom. The highest BCUT2D eigenvalue weighted by atomic mass is 32.2. The third kappa shape index (κ3) is 3.02. The van der Waals surface area contributed by atoms with E-state index in [1.54, 1.807) is 6.92 Å². The van der Waals surface area contributed by atoms with E-state index in [0.717, 1.165) is 0 Å². The summed E-state index contributed by atoms with van der Waals surface area (Å²) >= 11 is 1.22. The number of ketones is 1. The molecule has 0 aromatic carbocycles. The molecule has 1 rings (SSSR count). The molecule has 0 bridgehead atoms. The topological polar surface area (TPSA) is 63.1 Å². The number of carbonyl (C=O) groups is 1. The average molecular weight is 198 g/mol. The normalized spacial score (nSPS) is 10.0. The monoisotopic (exact) mass is 198 g/mol. The summed E-state index contributed by atoms with van der Waals surface area (Å²) in [6, 6.07) is 0. The van der Waals surface area contributed by atoms with Crippen molar-refractivity contribution in [2.24, 2.45) is 0 Å². The summed E-state index contributed by atoms with van der Waals surface area (Å²) < 4.78 is 0. The fourth-order valence-electron chi connectivity index (χ4n) is 0.719.